The summed E-state index contributed by atoms with van der Waals surface area (Å²) in [5, 5.41) is 15.5. The summed E-state index contributed by atoms with van der Waals surface area (Å²) in [6, 6.07) is 12.7. The highest BCUT2D eigenvalue weighted by atomic mass is 32.1. The van der Waals surface area contributed by atoms with Gasteiger partial charge >= 0.3 is 6.09 Å². The third kappa shape index (κ3) is 4.63. The number of rotatable bonds is 5. The molecule has 3 rings (SSSR count). The third-order valence-electron chi connectivity index (χ3n) is 4.14. The maximum absolute atomic E-state index is 12.7. The van der Waals surface area contributed by atoms with Crippen molar-refractivity contribution in [1.29, 1.82) is 0 Å². The Kier molecular flexibility index (Phi) is 5.85. The van der Waals surface area contributed by atoms with Crippen LogP contribution in [0.15, 0.2) is 59.9 Å². The van der Waals surface area contributed by atoms with E-state index in [2.05, 4.69) is 15.6 Å². The molecule has 8 nitrogen and oxygen atoms in total. The number of hydrogen-bond acceptors (Lipinski definition) is 6. The highest BCUT2D eigenvalue weighted by Crippen LogP contribution is 2.18. The van der Waals surface area contributed by atoms with Crippen molar-refractivity contribution in [3.8, 4) is 0 Å². The van der Waals surface area contributed by atoms with Gasteiger partial charge in [0.1, 0.15) is 10.8 Å². The fourth-order valence-corrected chi connectivity index (χ4v) is 3.17. The molecule has 2 heterocycles. The van der Waals surface area contributed by atoms with Gasteiger partial charge in [-0.2, -0.15) is 0 Å². The average Bonchev–Trinajstić information content (AvgIpc) is 2.66. The summed E-state index contributed by atoms with van der Waals surface area (Å²) in [5.74, 6) is 0.0143. The van der Waals surface area contributed by atoms with Crippen molar-refractivity contribution in [3.63, 3.8) is 0 Å². The van der Waals surface area contributed by atoms with E-state index in [9.17, 15) is 14.7 Å². The SMILES string of the molecule is Nc1cc(CNC2=C(C(=S)Nc3ccccc3)C(=O)CN(C(=O)O)C2)ccn1. The van der Waals surface area contributed by atoms with Crippen LogP contribution >= 0.6 is 12.2 Å². The number of Topliss-reactive ketones (excluding diaryl/α,β-unsaturated/α-hetero) is 1. The fraction of sp³-hybridized carbons (Fsp3) is 0.158. The van der Waals surface area contributed by atoms with Crippen LogP contribution in [0.5, 0.6) is 0 Å². The van der Waals surface area contributed by atoms with Gasteiger partial charge in [-0.3, -0.25) is 9.69 Å². The number of amides is 1. The first-order valence-corrected chi connectivity index (χ1v) is 8.90. The molecule has 28 heavy (non-hydrogen) atoms. The Balaban J connectivity index is 1.86. The minimum atomic E-state index is -1.17. The summed E-state index contributed by atoms with van der Waals surface area (Å²) < 4.78 is 0. The van der Waals surface area contributed by atoms with Gasteiger partial charge in [0.25, 0.3) is 0 Å². The second-order valence-electron chi connectivity index (χ2n) is 6.18. The Hall–Kier alpha value is -3.46. The number of aromatic nitrogens is 1. The number of benzene rings is 1. The van der Waals surface area contributed by atoms with Crippen molar-refractivity contribution in [2.75, 3.05) is 24.1 Å². The minimum Gasteiger partial charge on any atom is -0.465 e. The lowest BCUT2D eigenvalue weighted by Crippen LogP contribution is -2.45. The van der Waals surface area contributed by atoms with E-state index < -0.39 is 6.09 Å². The summed E-state index contributed by atoms with van der Waals surface area (Å²) in [4.78, 5) is 29.3. The minimum absolute atomic E-state index is 0.0353. The first-order chi connectivity index (χ1) is 13.4. The van der Waals surface area contributed by atoms with Gasteiger partial charge in [0, 0.05) is 24.1 Å². The van der Waals surface area contributed by atoms with Gasteiger partial charge < -0.3 is 21.5 Å². The Morgan fingerprint density at radius 1 is 1.25 bits per heavy atom. The van der Waals surface area contributed by atoms with Gasteiger partial charge in [0.15, 0.2) is 5.78 Å². The number of ketones is 1. The van der Waals surface area contributed by atoms with Crippen LogP contribution in [0.1, 0.15) is 5.56 Å². The topological polar surface area (TPSA) is 121 Å². The normalized spacial score (nSPS) is 14.0. The lowest BCUT2D eigenvalue weighted by Gasteiger charge is -2.29. The summed E-state index contributed by atoms with van der Waals surface area (Å²) in [6.45, 7) is 0.141. The summed E-state index contributed by atoms with van der Waals surface area (Å²) in [6.07, 6.45) is 0.417. The van der Waals surface area contributed by atoms with Gasteiger partial charge in [-0.25, -0.2) is 9.78 Å². The lowest BCUT2D eigenvalue weighted by atomic mass is 10.0. The van der Waals surface area contributed by atoms with Crippen molar-refractivity contribution in [2.24, 2.45) is 0 Å². The molecular weight excluding hydrogens is 378 g/mol. The van der Waals surface area contributed by atoms with E-state index >= 15 is 0 Å². The van der Waals surface area contributed by atoms with Crippen molar-refractivity contribution in [3.05, 3.63) is 65.5 Å². The molecule has 9 heteroatoms. The lowest BCUT2D eigenvalue weighted by molar-refractivity contribution is -0.116. The van der Waals surface area contributed by atoms with E-state index in [4.69, 9.17) is 18.0 Å². The number of hydrogen-bond donors (Lipinski definition) is 4. The van der Waals surface area contributed by atoms with Crippen LogP contribution in [0.25, 0.3) is 0 Å². The number of nitrogen functional groups attached to an aromatic ring is 1. The van der Waals surface area contributed by atoms with E-state index in [1.807, 2.05) is 30.3 Å². The predicted molar refractivity (Wildman–Crippen MR) is 110 cm³/mol. The first kappa shape index (κ1) is 19.3. The smallest absolute Gasteiger partial charge is 0.408 e. The van der Waals surface area contributed by atoms with Gasteiger partial charge in [0.2, 0.25) is 0 Å². The molecule has 0 aliphatic carbocycles. The molecule has 1 aromatic carbocycles. The van der Waals surface area contributed by atoms with Crippen molar-refractivity contribution >= 4 is 40.6 Å². The first-order valence-electron chi connectivity index (χ1n) is 8.49. The average molecular weight is 397 g/mol. The molecule has 1 aliphatic heterocycles. The highest BCUT2D eigenvalue weighted by molar-refractivity contribution is 7.81. The number of carbonyl (C=O) groups excluding carboxylic acids is 1. The number of pyridine rings is 1. The van der Waals surface area contributed by atoms with E-state index in [0.29, 0.717) is 23.6 Å². The molecule has 5 N–H and O–H groups in total. The molecule has 1 aromatic heterocycles. The van der Waals surface area contributed by atoms with Crippen molar-refractivity contribution in [2.45, 2.75) is 6.54 Å². The van der Waals surface area contributed by atoms with E-state index in [1.165, 1.54) is 0 Å². The molecule has 0 saturated heterocycles. The van der Waals surface area contributed by atoms with Crippen molar-refractivity contribution in [1.82, 2.24) is 15.2 Å². The monoisotopic (exact) mass is 397 g/mol. The Morgan fingerprint density at radius 2 is 2.00 bits per heavy atom. The summed E-state index contributed by atoms with van der Waals surface area (Å²) >= 11 is 5.44. The van der Waals surface area contributed by atoms with Gasteiger partial charge in [-0.15, -0.1) is 0 Å². The quantitative estimate of drug-likeness (QED) is 0.566. The number of carbonyl (C=O) groups is 2. The molecule has 144 valence electrons. The zero-order valence-electron chi connectivity index (χ0n) is 14.9. The molecule has 1 aliphatic rings. The molecular formula is C19H19N5O3S. The van der Waals surface area contributed by atoms with Crippen LogP contribution in [0.4, 0.5) is 16.3 Å². The molecule has 0 bridgehead atoms. The largest absolute Gasteiger partial charge is 0.465 e. The molecule has 0 saturated carbocycles. The fourth-order valence-electron chi connectivity index (χ4n) is 2.82. The van der Waals surface area contributed by atoms with Crippen LogP contribution in [-0.2, 0) is 11.3 Å². The van der Waals surface area contributed by atoms with E-state index in [1.54, 1.807) is 18.3 Å². The second kappa shape index (κ2) is 8.49. The molecule has 0 fully saturated rings. The van der Waals surface area contributed by atoms with Gasteiger partial charge in [-0.1, -0.05) is 30.4 Å². The van der Waals surface area contributed by atoms with Crippen LogP contribution in [0.3, 0.4) is 0 Å². The number of carboxylic acid groups (broad SMARTS) is 1. The Bertz CT molecular complexity index is 946. The molecule has 0 spiro atoms. The number of nitrogens with one attached hydrogen (secondary N) is 2. The Labute approximate surface area is 167 Å². The zero-order valence-corrected chi connectivity index (χ0v) is 15.7. The van der Waals surface area contributed by atoms with Crippen LogP contribution < -0.4 is 16.4 Å². The summed E-state index contributed by atoms with van der Waals surface area (Å²) in [5.41, 5.74) is 8.02. The predicted octanol–water partition coefficient (Wildman–Crippen LogP) is 2.01. The summed E-state index contributed by atoms with van der Waals surface area (Å²) in [7, 11) is 0. The molecule has 1 amide bonds. The molecule has 2 aromatic rings. The molecule has 0 unspecified atom stereocenters. The Morgan fingerprint density at radius 3 is 2.68 bits per heavy atom. The maximum Gasteiger partial charge on any atom is 0.408 e. The van der Waals surface area contributed by atoms with Crippen LogP contribution in [0.2, 0.25) is 0 Å². The standard InChI is InChI=1S/C19H19N5O3S/c20-16-8-12(6-7-21-16)9-22-14-10-24(19(26)27)11-15(25)17(14)18(28)23-13-4-2-1-3-5-13/h1-8,22H,9-11H2,(H2,20,21)(H,23,28)(H,26,27). The zero-order chi connectivity index (χ0) is 20.1. The number of anilines is 2. The molecule has 0 atom stereocenters. The van der Waals surface area contributed by atoms with E-state index in [0.717, 1.165) is 16.2 Å². The number of para-hydroxylation sites is 1. The van der Waals surface area contributed by atoms with Crippen LogP contribution in [-0.4, -0.2) is 44.9 Å². The number of nitrogens with two attached hydrogens (primary N) is 1. The third-order valence-corrected chi connectivity index (χ3v) is 4.45. The van der Waals surface area contributed by atoms with E-state index in [-0.39, 0.29) is 23.9 Å². The number of thiocarbonyl (C=S) groups is 1. The van der Waals surface area contributed by atoms with Crippen molar-refractivity contribution < 1.29 is 14.7 Å². The van der Waals surface area contributed by atoms with Crippen LogP contribution in [0, 0.1) is 0 Å². The maximum atomic E-state index is 12.7. The second-order valence-corrected chi connectivity index (χ2v) is 6.59. The highest BCUT2D eigenvalue weighted by Gasteiger charge is 2.31. The molecule has 0 radical (unpaired) electrons. The van der Waals surface area contributed by atoms with Gasteiger partial charge in [-0.05, 0) is 29.8 Å². The van der Waals surface area contributed by atoms with Gasteiger partial charge in [0.05, 0.1) is 18.7 Å². The number of nitrogens with zero attached hydrogens (tertiary/aromatic N) is 2.